The third-order valence-electron chi connectivity index (χ3n) is 1.97. The fourth-order valence-electron chi connectivity index (χ4n) is 1.20. The Morgan fingerprint density at radius 2 is 1.94 bits per heavy atom. The van der Waals surface area contributed by atoms with Crippen molar-refractivity contribution in [3.05, 3.63) is 29.8 Å². The van der Waals surface area contributed by atoms with E-state index in [1.165, 1.54) is 0 Å². The highest BCUT2D eigenvalue weighted by Crippen LogP contribution is 2.07. The van der Waals surface area contributed by atoms with Crippen LogP contribution in [0.5, 0.6) is 0 Å². The zero-order chi connectivity index (χ0) is 12.7. The first-order valence-corrected chi connectivity index (χ1v) is 5.49. The maximum atomic E-state index is 11.4. The zero-order valence-corrected chi connectivity index (χ0v) is 10.1. The van der Waals surface area contributed by atoms with Gasteiger partial charge in [-0.25, -0.2) is 4.79 Å². The van der Waals surface area contributed by atoms with Crippen molar-refractivity contribution in [3.63, 3.8) is 0 Å². The van der Waals surface area contributed by atoms with Crippen molar-refractivity contribution in [1.82, 2.24) is 5.32 Å². The van der Waals surface area contributed by atoms with Gasteiger partial charge in [-0.05, 0) is 17.7 Å². The van der Waals surface area contributed by atoms with Crippen LogP contribution in [0.2, 0.25) is 0 Å². The second-order valence-electron chi connectivity index (χ2n) is 3.36. The molecule has 0 saturated heterocycles. The number of amides is 2. The summed E-state index contributed by atoms with van der Waals surface area (Å²) in [5.74, 6) is -0.134. The number of nitrogens with one attached hydrogen (secondary N) is 1. The average molecular weight is 254 g/mol. The Hall–Kier alpha value is -1.69. The zero-order valence-electron chi connectivity index (χ0n) is 9.18. The van der Waals surface area contributed by atoms with Gasteiger partial charge in [-0.2, -0.15) is 0 Å². The van der Waals surface area contributed by atoms with Gasteiger partial charge in [-0.1, -0.05) is 12.1 Å². The van der Waals surface area contributed by atoms with Crippen molar-refractivity contribution in [1.29, 1.82) is 0 Å². The molecule has 3 N–H and O–H groups in total. The minimum atomic E-state index is -0.844. The quantitative estimate of drug-likeness (QED) is 0.535. The Labute approximate surface area is 105 Å². The Balaban J connectivity index is 2.25. The molecule has 5 nitrogen and oxygen atoms in total. The molecule has 0 saturated carbocycles. The number of benzene rings is 1. The van der Waals surface area contributed by atoms with Crippen LogP contribution in [0.4, 0.5) is 4.79 Å². The largest absolute Gasteiger partial charge is 0.448 e. The molecule has 0 atom stereocenters. The summed E-state index contributed by atoms with van der Waals surface area (Å²) in [6, 6.07) is 7.31. The van der Waals surface area contributed by atoms with Crippen LogP contribution in [0.25, 0.3) is 0 Å². The molecule has 92 valence electrons. The van der Waals surface area contributed by atoms with Crippen LogP contribution in [0.15, 0.2) is 29.2 Å². The topological polar surface area (TPSA) is 81.4 Å². The van der Waals surface area contributed by atoms with Gasteiger partial charge in [0.05, 0.1) is 13.0 Å². The molecule has 17 heavy (non-hydrogen) atoms. The number of carbonyl (C=O) groups excluding carboxylic acids is 2. The maximum absolute atomic E-state index is 11.4. The molecule has 6 heteroatoms. The third kappa shape index (κ3) is 5.82. The fourth-order valence-corrected chi connectivity index (χ4v) is 1.35. The summed E-state index contributed by atoms with van der Waals surface area (Å²) in [6.07, 6.45) is -0.562. The first kappa shape index (κ1) is 13.4. The minimum absolute atomic E-state index is 0.0800. The summed E-state index contributed by atoms with van der Waals surface area (Å²) in [7, 11) is 0. The van der Waals surface area contributed by atoms with Crippen LogP contribution in [-0.4, -0.2) is 25.2 Å². The molecule has 2 amide bonds. The lowest BCUT2D eigenvalue weighted by atomic mass is 10.1. The van der Waals surface area contributed by atoms with E-state index in [0.29, 0.717) is 0 Å². The monoisotopic (exact) mass is 254 g/mol. The standard InChI is InChI=1S/C11H14N2O3S/c12-11(15)16-6-5-13-10(14)7-8-1-3-9(17)4-2-8/h1-4,17H,5-7H2,(H2,12,15)(H,13,14). The number of hydrogen-bond donors (Lipinski definition) is 3. The van der Waals surface area contributed by atoms with Crippen LogP contribution >= 0.6 is 12.6 Å². The van der Waals surface area contributed by atoms with E-state index in [2.05, 4.69) is 22.7 Å². The Morgan fingerprint density at radius 1 is 1.29 bits per heavy atom. The first-order chi connectivity index (χ1) is 8.08. The molecular weight excluding hydrogens is 240 g/mol. The van der Waals surface area contributed by atoms with Gasteiger partial charge in [-0.3, -0.25) is 4.79 Å². The van der Waals surface area contributed by atoms with Gasteiger partial charge < -0.3 is 15.8 Å². The van der Waals surface area contributed by atoms with Crippen LogP contribution in [-0.2, 0) is 16.0 Å². The lowest BCUT2D eigenvalue weighted by Crippen LogP contribution is -2.30. The van der Waals surface area contributed by atoms with Crippen LogP contribution in [0.1, 0.15) is 5.56 Å². The highest BCUT2D eigenvalue weighted by molar-refractivity contribution is 7.80. The molecule has 0 spiro atoms. The summed E-state index contributed by atoms with van der Waals surface area (Å²) in [5.41, 5.74) is 5.67. The van der Waals surface area contributed by atoms with Crippen LogP contribution < -0.4 is 11.1 Å². The van der Waals surface area contributed by atoms with E-state index in [1.807, 2.05) is 24.3 Å². The van der Waals surface area contributed by atoms with Gasteiger partial charge in [0.15, 0.2) is 0 Å². The molecule has 0 radical (unpaired) electrons. The van der Waals surface area contributed by atoms with Crippen LogP contribution in [0, 0.1) is 0 Å². The van der Waals surface area contributed by atoms with Crippen LogP contribution in [0.3, 0.4) is 0 Å². The van der Waals surface area contributed by atoms with Crippen molar-refractivity contribution in [2.75, 3.05) is 13.2 Å². The van der Waals surface area contributed by atoms with E-state index in [0.717, 1.165) is 10.5 Å². The number of ether oxygens (including phenoxy) is 1. The molecule has 0 bridgehead atoms. The Bertz CT molecular complexity index is 392. The number of primary amides is 1. The van der Waals surface area contributed by atoms with Crippen molar-refractivity contribution in [2.45, 2.75) is 11.3 Å². The molecule has 0 aliphatic carbocycles. The molecule has 0 aliphatic rings. The predicted octanol–water partition coefficient (Wildman–Crippen LogP) is 0.729. The summed E-state index contributed by atoms with van der Waals surface area (Å²) < 4.78 is 4.47. The third-order valence-corrected chi connectivity index (χ3v) is 2.27. The summed E-state index contributed by atoms with van der Waals surface area (Å²) in [5, 5.41) is 2.61. The summed E-state index contributed by atoms with van der Waals surface area (Å²) in [6.45, 7) is 0.336. The SMILES string of the molecule is NC(=O)OCCNC(=O)Cc1ccc(S)cc1. The number of carbonyl (C=O) groups is 2. The van der Waals surface area contributed by atoms with Crippen molar-refractivity contribution in [2.24, 2.45) is 5.73 Å². The average Bonchev–Trinajstić information content (AvgIpc) is 2.27. The van der Waals surface area contributed by atoms with Gasteiger partial charge in [0, 0.05) is 4.90 Å². The van der Waals surface area contributed by atoms with E-state index < -0.39 is 6.09 Å². The molecule has 0 aromatic heterocycles. The second kappa shape index (κ2) is 6.80. The first-order valence-electron chi connectivity index (χ1n) is 5.05. The van der Waals surface area contributed by atoms with Crippen molar-refractivity contribution in [3.8, 4) is 0 Å². The number of nitrogens with two attached hydrogens (primary N) is 1. The van der Waals surface area contributed by atoms with Gasteiger partial charge in [0.2, 0.25) is 5.91 Å². The van der Waals surface area contributed by atoms with Gasteiger partial charge in [-0.15, -0.1) is 12.6 Å². The predicted molar refractivity (Wildman–Crippen MR) is 65.9 cm³/mol. The van der Waals surface area contributed by atoms with E-state index in [9.17, 15) is 9.59 Å². The van der Waals surface area contributed by atoms with Crippen molar-refractivity contribution >= 4 is 24.6 Å². The van der Waals surface area contributed by atoms with E-state index >= 15 is 0 Å². The molecule has 1 rings (SSSR count). The van der Waals surface area contributed by atoms with E-state index in [-0.39, 0.29) is 25.5 Å². The van der Waals surface area contributed by atoms with Crippen molar-refractivity contribution < 1.29 is 14.3 Å². The lowest BCUT2D eigenvalue weighted by Gasteiger charge is -2.05. The molecule has 0 aliphatic heterocycles. The highest BCUT2D eigenvalue weighted by Gasteiger charge is 2.02. The molecular formula is C11H14N2O3S. The molecule has 0 fully saturated rings. The number of thiol groups is 1. The Morgan fingerprint density at radius 3 is 2.53 bits per heavy atom. The number of rotatable bonds is 5. The second-order valence-corrected chi connectivity index (χ2v) is 3.88. The highest BCUT2D eigenvalue weighted by atomic mass is 32.1. The lowest BCUT2D eigenvalue weighted by molar-refractivity contribution is -0.120. The Kier molecular flexibility index (Phi) is 5.35. The smallest absolute Gasteiger partial charge is 0.404 e. The number of hydrogen-bond acceptors (Lipinski definition) is 4. The normalized spacial score (nSPS) is 9.71. The minimum Gasteiger partial charge on any atom is -0.448 e. The molecule has 1 aromatic rings. The maximum Gasteiger partial charge on any atom is 0.404 e. The van der Waals surface area contributed by atoms with Gasteiger partial charge in [0.1, 0.15) is 6.61 Å². The van der Waals surface area contributed by atoms with E-state index in [4.69, 9.17) is 5.73 Å². The molecule has 0 unspecified atom stereocenters. The van der Waals surface area contributed by atoms with Gasteiger partial charge >= 0.3 is 6.09 Å². The van der Waals surface area contributed by atoms with Gasteiger partial charge in [0.25, 0.3) is 0 Å². The fraction of sp³-hybridized carbons (Fsp3) is 0.273. The van der Waals surface area contributed by atoms with E-state index in [1.54, 1.807) is 0 Å². The summed E-state index contributed by atoms with van der Waals surface area (Å²) >= 11 is 4.15. The summed E-state index contributed by atoms with van der Waals surface area (Å²) in [4.78, 5) is 22.5. The molecule has 0 heterocycles. The molecule has 1 aromatic carbocycles.